The highest BCUT2D eigenvalue weighted by molar-refractivity contribution is 4.80. The third-order valence-electron chi connectivity index (χ3n) is 2.73. The van der Waals surface area contributed by atoms with Crippen molar-refractivity contribution in [3.8, 4) is 0 Å². The highest BCUT2D eigenvalue weighted by atomic mass is 16.5. The van der Waals surface area contributed by atoms with Crippen LogP contribution < -0.4 is 0 Å². The Morgan fingerprint density at radius 3 is 2.75 bits per heavy atom. The summed E-state index contributed by atoms with van der Waals surface area (Å²) in [5, 5.41) is 9.07. The molecule has 0 bridgehead atoms. The van der Waals surface area contributed by atoms with Gasteiger partial charge in [-0.25, -0.2) is 0 Å². The molecule has 3 heteroatoms. The molecule has 1 heterocycles. The summed E-state index contributed by atoms with van der Waals surface area (Å²) < 4.78 is 5.29. The minimum atomic E-state index is 0.282. The minimum absolute atomic E-state index is 0.282. The normalized spacial score (nSPS) is 32.2. The van der Waals surface area contributed by atoms with Crippen molar-refractivity contribution in [3.63, 3.8) is 0 Å². The van der Waals surface area contributed by atoms with Gasteiger partial charge in [-0.2, -0.15) is 0 Å². The minimum Gasteiger partial charge on any atom is -0.395 e. The van der Waals surface area contributed by atoms with Crippen LogP contribution in [0, 0.1) is 0 Å². The van der Waals surface area contributed by atoms with Crippen molar-refractivity contribution in [1.29, 1.82) is 0 Å². The monoisotopic (exact) mass is 173 g/mol. The molecule has 3 nitrogen and oxygen atoms in total. The van der Waals surface area contributed by atoms with Crippen molar-refractivity contribution in [2.24, 2.45) is 0 Å². The van der Waals surface area contributed by atoms with Gasteiger partial charge < -0.3 is 9.84 Å². The van der Waals surface area contributed by atoms with Crippen LogP contribution in [-0.4, -0.2) is 49.0 Å². The van der Waals surface area contributed by atoms with E-state index in [9.17, 15) is 0 Å². The van der Waals surface area contributed by atoms with E-state index in [2.05, 4.69) is 11.8 Å². The molecule has 1 rings (SSSR count). The summed E-state index contributed by atoms with van der Waals surface area (Å²) >= 11 is 0. The fourth-order valence-corrected chi connectivity index (χ4v) is 1.85. The molecular formula is C9H19NO2. The molecule has 1 saturated heterocycles. The Labute approximate surface area is 74.3 Å². The van der Waals surface area contributed by atoms with Gasteiger partial charge >= 0.3 is 0 Å². The molecule has 72 valence electrons. The third kappa shape index (κ3) is 2.19. The lowest BCUT2D eigenvalue weighted by atomic mass is 10.0. The smallest absolute Gasteiger partial charge is 0.0698 e. The van der Waals surface area contributed by atoms with E-state index in [1.54, 1.807) is 7.11 Å². The number of methoxy groups -OCH3 is 1. The Morgan fingerprint density at radius 1 is 1.50 bits per heavy atom. The van der Waals surface area contributed by atoms with Gasteiger partial charge in [0.1, 0.15) is 0 Å². The number of likely N-dealkylation sites (N-methyl/N-ethyl adjacent to an activating group) is 1. The SMILES string of the molecule is CCN1CC(OC)CCC1CO. The number of aliphatic hydroxyl groups excluding tert-OH is 1. The van der Waals surface area contributed by atoms with Crippen LogP contribution in [0.3, 0.4) is 0 Å². The maximum atomic E-state index is 9.07. The third-order valence-corrected chi connectivity index (χ3v) is 2.73. The summed E-state index contributed by atoms with van der Waals surface area (Å²) in [5.74, 6) is 0. The first-order chi connectivity index (χ1) is 5.81. The van der Waals surface area contributed by atoms with Crippen molar-refractivity contribution in [2.75, 3.05) is 26.8 Å². The van der Waals surface area contributed by atoms with E-state index in [1.807, 2.05) is 0 Å². The number of aliphatic hydroxyl groups is 1. The second kappa shape index (κ2) is 4.80. The second-order valence-electron chi connectivity index (χ2n) is 3.36. The van der Waals surface area contributed by atoms with E-state index >= 15 is 0 Å². The van der Waals surface area contributed by atoms with Crippen LogP contribution in [0.2, 0.25) is 0 Å². The van der Waals surface area contributed by atoms with E-state index in [4.69, 9.17) is 9.84 Å². The predicted molar refractivity (Wildman–Crippen MR) is 48.2 cm³/mol. The number of ether oxygens (including phenoxy) is 1. The number of nitrogens with zero attached hydrogens (tertiary/aromatic N) is 1. The lowest BCUT2D eigenvalue weighted by molar-refractivity contribution is -0.00684. The topological polar surface area (TPSA) is 32.7 Å². The molecule has 2 atom stereocenters. The first-order valence-corrected chi connectivity index (χ1v) is 4.69. The Morgan fingerprint density at radius 2 is 2.25 bits per heavy atom. The number of hydrogen-bond donors (Lipinski definition) is 1. The molecule has 0 amide bonds. The van der Waals surface area contributed by atoms with Gasteiger partial charge in [0, 0.05) is 19.7 Å². The molecule has 0 aliphatic carbocycles. The number of piperidine rings is 1. The lowest BCUT2D eigenvalue weighted by Gasteiger charge is -2.37. The quantitative estimate of drug-likeness (QED) is 0.673. The molecule has 0 radical (unpaired) electrons. The summed E-state index contributed by atoms with van der Waals surface area (Å²) in [4.78, 5) is 2.29. The van der Waals surface area contributed by atoms with Crippen LogP contribution in [-0.2, 0) is 4.74 Å². The molecule has 2 unspecified atom stereocenters. The Hall–Kier alpha value is -0.120. The van der Waals surface area contributed by atoms with Crippen LogP contribution >= 0.6 is 0 Å². The van der Waals surface area contributed by atoms with Crippen molar-refractivity contribution < 1.29 is 9.84 Å². The van der Waals surface area contributed by atoms with Crippen molar-refractivity contribution >= 4 is 0 Å². The van der Waals surface area contributed by atoms with Crippen LogP contribution in [0.1, 0.15) is 19.8 Å². The molecule has 0 aromatic carbocycles. The summed E-state index contributed by atoms with van der Waals surface area (Å²) in [7, 11) is 1.76. The zero-order chi connectivity index (χ0) is 8.97. The zero-order valence-electron chi connectivity index (χ0n) is 7.99. The summed E-state index contributed by atoms with van der Waals surface area (Å²) in [6.45, 7) is 4.38. The molecule has 1 fully saturated rings. The van der Waals surface area contributed by atoms with Crippen LogP contribution in [0.15, 0.2) is 0 Å². The molecule has 0 aromatic rings. The summed E-state index contributed by atoms with van der Waals surface area (Å²) in [6, 6.07) is 0.362. The van der Waals surface area contributed by atoms with Crippen molar-refractivity contribution in [3.05, 3.63) is 0 Å². The van der Waals surface area contributed by atoms with E-state index < -0.39 is 0 Å². The molecule has 1 aliphatic heterocycles. The fraction of sp³-hybridized carbons (Fsp3) is 1.00. The predicted octanol–water partition coefficient (Wildman–Crippen LogP) is 0.478. The van der Waals surface area contributed by atoms with Gasteiger partial charge in [-0.15, -0.1) is 0 Å². The van der Waals surface area contributed by atoms with E-state index in [1.165, 1.54) is 0 Å². The molecule has 1 N–H and O–H groups in total. The highest BCUT2D eigenvalue weighted by Gasteiger charge is 2.26. The fourth-order valence-electron chi connectivity index (χ4n) is 1.85. The van der Waals surface area contributed by atoms with Gasteiger partial charge in [0.05, 0.1) is 12.7 Å². The molecule has 0 saturated carbocycles. The van der Waals surface area contributed by atoms with E-state index in [0.717, 1.165) is 25.9 Å². The van der Waals surface area contributed by atoms with E-state index in [-0.39, 0.29) is 6.61 Å². The zero-order valence-corrected chi connectivity index (χ0v) is 7.99. The standard InChI is InChI=1S/C9H19NO2/c1-3-10-6-9(12-2)5-4-8(10)7-11/h8-9,11H,3-7H2,1-2H3. The molecule has 0 aromatic heterocycles. The van der Waals surface area contributed by atoms with Gasteiger partial charge in [0.2, 0.25) is 0 Å². The van der Waals surface area contributed by atoms with Crippen molar-refractivity contribution in [1.82, 2.24) is 4.90 Å². The summed E-state index contributed by atoms with van der Waals surface area (Å²) in [5.41, 5.74) is 0. The van der Waals surface area contributed by atoms with Crippen LogP contribution in [0.5, 0.6) is 0 Å². The second-order valence-corrected chi connectivity index (χ2v) is 3.36. The summed E-state index contributed by atoms with van der Waals surface area (Å²) in [6.07, 6.45) is 2.51. The van der Waals surface area contributed by atoms with Crippen molar-refractivity contribution in [2.45, 2.75) is 31.9 Å². The van der Waals surface area contributed by atoms with Gasteiger partial charge in [0.25, 0.3) is 0 Å². The average Bonchev–Trinajstić information content (AvgIpc) is 2.16. The average molecular weight is 173 g/mol. The Balaban J connectivity index is 2.41. The Kier molecular flexibility index (Phi) is 3.98. The van der Waals surface area contributed by atoms with Crippen LogP contribution in [0.25, 0.3) is 0 Å². The largest absolute Gasteiger partial charge is 0.395 e. The number of hydrogen-bond acceptors (Lipinski definition) is 3. The highest BCUT2D eigenvalue weighted by Crippen LogP contribution is 2.18. The first kappa shape index (κ1) is 9.96. The Bertz CT molecular complexity index is 130. The molecular weight excluding hydrogens is 154 g/mol. The van der Waals surface area contributed by atoms with Gasteiger partial charge in [-0.3, -0.25) is 4.90 Å². The van der Waals surface area contributed by atoms with Crippen LogP contribution in [0.4, 0.5) is 0 Å². The number of likely N-dealkylation sites (tertiary alicyclic amines) is 1. The maximum Gasteiger partial charge on any atom is 0.0698 e. The van der Waals surface area contributed by atoms with Gasteiger partial charge in [0.15, 0.2) is 0 Å². The first-order valence-electron chi connectivity index (χ1n) is 4.69. The maximum absolute atomic E-state index is 9.07. The molecule has 12 heavy (non-hydrogen) atoms. The van der Waals surface area contributed by atoms with Gasteiger partial charge in [-0.1, -0.05) is 6.92 Å². The van der Waals surface area contributed by atoms with Gasteiger partial charge in [-0.05, 0) is 19.4 Å². The number of rotatable bonds is 3. The molecule has 0 spiro atoms. The van der Waals surface area contributed by atoms with E-state index in [0.29, 0.717) is 12.1 Å². The molecule has 1 aliphatic rings. The lowest BCUT2D eigenvalue weighted by Crippen LogP contribution is -2.47.